The van der Waals surface area contributed by atoms with E-state index >= 15 is 0 Å². The number of hydrogen-bond donors (Lipinski definition) is 1. The Bertz CT molecular complexity index is 374. The van der Waals surface area contributed by atoms with Gasteiger partial charge in [-0.05, 0) is 18.2 Å². The van der Waals surface area contributed by atoms with E-state index in [1.54, 1.807) is 6.08 Å². The van der Waals surface area contributed by atoms with E-state index in [0.717, 1.165) is 6.07 Å². The van der Waals surface area contributed by atoms with Crippen molar-refractivity contribution < 1.29 is 19.0 Å². The molecule has 1 aromatic carbocycles. The Morgan fingerprint density at radius 1 is 1.60 bits per heavy atom. The standard InChI is InChI=1S/C11H11FO3/c1-2-5-15-7-9-6-8(11(13)14)3-4-10(9)12/h2-4,6H,1,5,7H2,(H,13,14). The molecule has 0 atom stereocenters. The smallest absolute Gasteiger partial charge is 0.335 e. The Morgan fingerprint density at radius 2 is 2.33 bits per heavy atom. The Morgan fingerprint density at radius 3 is 2.93 bits per heavy atom. The van der Waals surface area contributed by atoms with Crippen LogP contribution in [0, 0.1) is 5.82 Å². The summed E-state index contributed by atoms with van der Waals surface area (Å²) >= 11 is 0. The molecule has 0 aromatic heterocycles. The minimum atomic E-state index is -1.08. The lowest BCUT2D eigenvalue weighted by atomic mass is 10.1. The van der Waals surface area contributed by atoms with Crippen LogP contribution in [0.15, 0.2) is 30.9 Å². The quantitative estimate of drug-likeness (QED) is 0.598. The number of hydrogen-bond acceptors (Lipinski definition) is 2. The lowest BCUT2D eigenvalue weighted by Crippen LogP contribution is -2.01. The molecule has 0 saturated heterocycles. The van der Waals surface area contributed by atoms with Crippen LogP contribution in [0.1, 0.15) is 15.9 Å². The van der Waals surface area contributed by atoms with E-state index in [2.05, 4.69) is 6.58 Å². The van der Waals surface area contributed by atoms with Crippen molar-refractivity contribution in [3.63, 3.8) is 0 Å². The van der Waals surface area contributed by atoms with Crippen LogP contribution in [-0.2, 0) is 11.3 Å². The number of rotatable bonds is 5. The van der Waals surface area contributed by atoms with Gasteiger partial charge in [0.05, 0.1) is 18.8 Å². The SMILES string of the molecule is C=CCOCc1cc(C(=O)O)ccc1F. The second-order valence-corrected chi connectivity index (χ2v) is 2.92. The van der Waals surface area contributed by atoms with Gasteiger partial charge in [0.2, 0.25) is 0 Å². The van der Waals surface area contributed by atoms with Gasteiger partial charge in [0, 0.05) is 5.56 Å². The summed E-state index contributed by atoms with van der Waals surface area (Å²) in [6.07, 6.45) is 1.54. The summed E-state index contributed by atoms with van der Waals surface area (Å²) < 4.78 is 18.2. The Balaban J connectivity index is 2.80. The molecule has 0 saturated carbocycles. The van der Waals surface area contributed by atoms with Crippen LogP contribution in [0.2, 0.25) is 0 Å². The maximum absolute atomic E-state index is 13.2. The molecule has 0 amide bonds. The average Bonchev–Trinajstić information content (AvgIpc) is 2.20. The minimum Gasteiger partial charge on any atom is -0.478 e. The van der Waals surface area contributed by atoms with Crippen LogP contribution in [-0.4, -0.2) is 17.7 Å². The average molecular weight is 210 g/mol. The molecule has 0 spiro atoms. The third-order valence-electron chi connectivity index (χ3n) is 1.79. The van der Waals surface area contributed by atoms with Crippen LogP contribution in [0.5, 0.6) is 0 Å². The highest BCUT2D eigenvalue weighted by Gasteiger charge is 2.07. The highest BCUT2D eigenvalue weighted by atomic mass is 19.1. The first kappa shape index (κ1) is 11.4. The van der Waals surface area contributed by atoms with E-state index in [1.807, 2.05) is 0 Å². The third kappa shape index (κ3) is 3.18. The van der Waals surface area contributed by atoms with Gasteiger partial charge in [-0.25, -0.2) is 9.18 Å². The zero-order chi connectivity index (χ0) is 11.3. The Labute approximate surface area is 86.8 Å². The minimum absolute atomic E-state index is 0.0406. The van der Waals surface area contributed by atoms with E-state index in [4.69, 9.17) is 9.84 Å². The van der Waals surface area contributed by atoms with Gasteiger partial charge >= 0.3 is 5.97 Å². The second kappa shape index (κ2) is 5.26. The molecule has 15 heavy (non-hydrogen) atoms. The molecule has 0 fully saturated rings. The fourth-order valence-electron chi connectivity index (χ4n) is 1.07. The topological polar surface area (TPSA) is 46.5 Å². The number of carboxylic acid groups (broad SMARTS) is 1. The van der Waals surface area contributed by atoms with Gasteiger partial charge in [0.15, 0.2) is 0 Å². The van der Waals surface area contributed by atoms with Gasteiger partial charge in [-0.15, -0.1) is 6.58 Å². The van der Waals surface area contributed by atoms with Gasteiger partial charge in [-0.3, -0.25) is 0 Å². The monoisotopic (exact) mass is 210 g/mol. The number of carbonyl (C=O) groups is 1. The van der Waals surface area contributed by atoms with E-state index in [0.29, 0.717) is 6.61 Å². The van der Waals surface area contributed by atoms with Crippen LogP contribution >= 0.6 is 0 Å². The summed E-state index contributed by atoms with van der Waals surface area (Å²) in [7, 11) is 0. The predicted molar refractivity (Wildman–Crippen MR) is 53.2 cm³/mol. The zero-order valence-electron chi connectivity index (χ0n) is 8.07. The van der Waals surface area contributed by atoms with Crippen molar-refractivity contribution in [2.24, 2.45) is 0 Å². The molecule has 0 unspecified atom stereocenters. The van der Waals surface area contributed by atoms with Crippen molar-refractivity contribution in [2.75, 3.05) is 6.61 Å². The highest BCUT2D eigenvalue weighted by molar-refractivity contribution is 5.87. The lowest BCUT2D eigenvalue weighted by Gasteiger charge is -2.04. The molecule has 0 bridgehead atoms. The van der Waals surface area contributed by atoms with Crippen molar-refractivity contribution in [3.05, 3.63) is 47.8 Å². The van der Waals surface area contributed by atoms with Crippen LogP contribution in [0.4, 0.5) is 4.39 Å². The van der Waals surface area contributed by atoms with Gasteiger partial charge in [0.1, 0.15) is 5.82 Å². The maximum Gasteiger partial charge on any atom is 0.335 e. The summed E-state index contributed by atoms with van der Waals surface area (Å²) in [5.41, 5.74) is 0.283. The normalized spacial score (nSPS) is 9.93. The number of aromatic carboxylic acids is 1. The van der Waals surface area contributed by atoms with E-state index in [-0.39, 0.29) is 17.7 Å². The van der Waals surface area contributed by atoms with Crippen LogP contribution < -0.4 is 0 Å². The van der Waals surface area contributed by atoms with Gasteiger partial charge in [-0.2, -0.15) is 0 Å². The molecule has 3 nitrogen and oxygen atoms in total. The van der Waals surface area contributed by atoms with E-state index < -0.39 is 11.8 Å². The summed E-state index contributed by atoms with van der Waals surface area (Å²) in [4.78, 5) is 10.6. The molecule has 1 aromatic rings. The van der Waals surface area contributed by atoms with Crippen LogP contribution in [0.25, 0.3) is 0 Å². The Kier molecular flexibility index (Phi) is 4.00. The Hall–Kier alpha value is -1.68. The zero-order valence-corrected chi connectivity index (χ0v) is 8.07. The van der Waals surface area contributed by atoms with Crippen molar-refractivity contribution in [1.29, 1.82) is 0 Å². The van der Waals surface area contributed by atoms with Gasteiger partial charge in [0.25, 0.3) is 0 Å². The van der Waals surface area contributed by atoms with E-state index in [1.165, 1.54) is 12.1 Å². The molecule has 4 heteroatoms. The summed E-state index contributed by atoms with van der Waals surface area (Å²) in [5, 5.41) is 8.69. The maximum atomic E-state index is 13.2. The molecule has 0 aliphatic heterocycles. The number of ether oxygens (including phenoxy) is 1. The number of benzene rings is 1. The molecule has 1 rings (SSSR count). The molecule has 0 radical (unpaired) electrons. The lowest BCUT2D eigenvalue weighted by molar-refractivity contribution is 0.0696. The molecule has 0 heterocycles. The van der Waals surface area contributed by atoms with Gasteiger partial charge < -0.3 is 9.84 Å². The van der Waals surface area contributed by atoms with Crippen molar-refractivity contribution in [2.45, 2.75) is 6.61 Å². The molecule has 80 valence electrons. The van der Waals surface area contributed by atoms with Crippen LogP contribution in [0.3, 0.4) is 0 Å². The van der Waals surface area contributed by atoms with Crippen molar-refractivity contribution in [3.8, 4) is 0 Å². The predicted octanol–water partition coefficient (Wildman–Crippen LogP) is 2.23. The molecule has 0 aliphatic rings. The van der Waals surface area contributed by atoms with Crippen molar-refractivity contribution in [1.82, 2.24) is 0 Å². The molecule has 0 aliphatic carbocycles. The summed E-state index contributed by atoms with van der Waals surface area (Å²) in [5.74, 6) is -1.55. The highest BCUT2D eigenvalue weighted by Crippen LogP contribution is 2.11. The number of carboxylic acids is 1. The number of halogens is 1. The largest absolute Gasteiger partial charge is 0.478 e. The first-order chi connectivity index (χ1) is 7.15. The first-order valence-corrected chi connectivity index (χ1v) is 4.35. The molecule has 1 N–H and O–H groups in total. The van der Waals surface area contributed by atoms with Crippen molar-refractivity contribution >= 4 is 5.97 Å². The van der Waals surface area contributed by atoms with Gasteiger partial charge in [-0.1, -0.05) is 6.08 Å². The summed E-state index contributed by atoms with van der Waals surface area (Å²) in [6, 6.07) is 3.60. The molecular weight excluding hydrogens is 199 g/mol. The van der Waals surface area contributed by atoms with E-state index in [9.17, 15) is 9.18 Å². The summed E-state index contributed by atoms with van der Waals surface area (Å²) in [6.45, 7) is 3.79. The molecular formula is C11H11FO3. The second-order valence-electron chi connectivity index (χ2n) is 2.92. The third-order valence-corrected chi connectivity index (χ3v) is 1.79. The fourth-order valence-corrected chi connectivity index (χ4v) is 1.07. The fraction of sp³-hybridized carbons (Fsp3) is 0.182. The first-order valence-electron chi connectivity index (χ1n) is 4.35.